The Kier molecular flexibility index (Phi) is 8.38. The van der Waals surface area contributed by atoms with Gasteiger partial charge >= 0.3 is 5.97 Å². The van der Waals surface area contributed by atoms with Crippen LogP contribution < -0.4 is 4.74 Å². The summed E-state index contributed by atoms with van der Waals surface area (Å²) in [4.78, 5) is 12.1. The van der Waals surface area contributed by atoms with Crippen molar-refractivity contribution >= 4 is 5.97 Å². The lowest BCUT2D eigenvalue weighted by molar-refractivity contribution is -0.148. The minimum absolute atomic E-state index is 0.0346. The molecule has 180 valence electrons. The molecule has 1 aliphatic rings. The van der Waals surface area contributed by atoms with Gasteiger partial charge in [0, 0.05) is 0 Å². The Morgan fingerprint density at radius 1 is 1.03 bits per heavy atom. The Morgan fingerprint density at radius 2 is 1.67 bits per heavy atom. The van der Waals surface area contributed by atoms with Gasteiger partial charge in [0.25, 0.3) is 0 Å². The number of esters is 1. The number of phenols is 1. The van der Waals surface area contributed by atoms with Gasteiger partial charge in [-0.1, -0.05) is 26.0 Å². The first-order chi connectivity index (χ1) is 15.6. The summed E-state index contributed by atoms with van der Waals surface area (Å²) in [5.41, 5.74) is 5.42. The highest BCUT2D eigenvalue weighted by Gasteiger charge is 2.27. The number of ether oxygens (including phenoxy) is 2. The van der Waals surface area contributed by atoms with Crippen LogP contribution in [0.5, 0.6) is 11.5 Å². The number of benzene rings is 2. The predicted molar refractivity (Wildman–Crippen MR) is 127 cm³/mol. The summed E-state index contributed by atoms with van der Waals surface area (Å²) in [5.74, 6) is 0.689. The van der Waals surface area contributed by atoms with E-state index in [0.717, 1.165) is 28.7 Å². The van der Waals surface area contributed by atoms with Crippen molar-refractivity contribution < 1.29 is 29.6 Å². The normalized spacial score (nSPS) is 20.6. The standard InChI is InChI=1S/C27H36O6/c1-16(2)24-11-19(5-6-26(24)30)12-25-17(3)7-23(8-18(25)4)32-15-27(31)33-14-20-9-21(28)13-22(29)10-20/h5-8,11,16,20-22,28-30H,9-10,12-15H2,1-4H3/t20-,21+,22-. The van der Waals surface area contributed by atoms with Gasteiger partial charge in [0.15, 0.2) is 6.61 Å². The molecule has 0 heterocycles. The largest absolute Gasteiger partial charge is 0.508 e. The Morgan fingerprint density at radius 3 is 2.27 bits per heavy atom. The summed E-state index contributed by atoms with van der Waals surface area (Å²) < 4.78 is 11.0. The van der Waals surface area contributed by atoms with Crippen LogP contribution in [0.2, 0.25) is 0 Å². The van der Waals surface area contributed by atoms with Crippen molar-refractivity contribution in [2.45, 2.75) is 71.5 Å². The molecule has 6 nitrogen and oxygen atoms in total. The van der Waals surface area contributed by atoms with Crippen molar-refractivity contribution in [1.29, 1.82) is 0 Å². The molecule has 2 aromatic carbocycles. The number of aryl methyl sites for hydroxylation is 2. The van der Waals surface area contributed by atoms with Gasteiger partial charge in [0.05, 0.1) is 18.8 Å². The van der Waals surface area contributed by atoms with Crippen LogP contribution in [-0.4, -0.2) is 46.7 Å². The van der Waals surface area contributed by atoms with E-state index in [2.05, 4.69) is 19.9 Å². The molecule has 6 heteroatoms. The third-order valence-corrected chi connectivity index (χ3v) is 6.36. The molecule has 0 saturated heterocycles. The number of aromatic hydroxyl groups is 1. The lowest BCUT2D eigenvalue weighted by Crippen LogP contribution is -2.32. The Hall–Kier alpha value is -2.57. The summed E-state index contributed by atoms with van der Waals surface area (Å²) >= 11 is 0. The molecule has 1 aliphatic carbocycles. The monoisotopic (exact) mass is 456 g/mol. The third-order valence-electron chi connectivity index (χ3n) is 6.36. The van der Waals surface area contributed by atoms with E-state index in [1.807, 2.05) is 32.0 Å². The molecule has 1 saturated carbocycles. The SMILES string of the molecule is Cc1cc(OCC(=O)OC[C@@H]2C[C@H](O)C[C@H](O)C2)cc(C)c1Cc1ccc(O)c(C(C)C)c1. The molecule has 0 aliphatic heterocycles. The lowest BCUT2D eigenvalue weighted by Gasteiger charge is -2.29. The average Bonchev–Trinajstić information content (AvgIpc) is 2.73. The number of aliphatic hydroxyl groups excluding tert-OH is 2. The number of rotatable bonds is 8. The van der Waals surface area contributed by atoms with Crippen LogP contribution >= 0.6 is 0 Å². The zero-order valence-corrected chi connectivity index (χ0v) is 20.0. The van der Waals surface area contributed by atoms with Crippen molar-refractivity contribution in [1.82, 2.24) is 0 Å². The van der Waals surface area contributed by atoms with E-state index in [1.54, 1.807) is 6.07 Å². The van der Waals surface area contributed by atoms with Crippen molar-refractivity contribution in [2.24, 2.45) is 5.92 Å². The van der Waals surface area contributed by atoms with Gasteiger partial charge in [0.2, 0.25) is 0 Å². The fourth-order valence-corrected chi connectivity index (χ4v) is 4.60. The Labute approximate surface area is 196 Å². The van der Waals surface area contributed by atoms with Crippen molar-refractivity contribution in [3.05, 3.63) is 58.1 Å². The van der Waals surface area contributed by atoms with Gasteiger partial charge in [0.1, 0.15) is 11.5 Å². The summed E-state index contributed by atoms with van der Waals surface area (Å²) in [6.45, 7) is 8.17. The molecule has 0 unspecified atom stereocenters. The average molecular weight is 457 g/mol. The van der Waals surface area contributed by atoms with E-state index in [4.69, 9.17) is 9.47 Å². The number of carbonyl (C=O) groups is 1. The predicted octanol–water partition coefficient (Wildman–Crippen LogP) is 4.17. The van der Waals surface area contributed by atoms with E-state index in [1.165, 1.54) is 5.56 Å². The van der Waals surface area contributed by atoms with Crippen LogP contribution in [0.3, 0.4) is 0 Å². The van der Waals surface area contributed by atoms with Gasteiger partial charge in [-0.15, -0.1) is 0 Å². The molecule has 0 spiro atoms. The molecule has 0 aromatic heterocycles. The second-order valence-electron chi connectivity index (χ2n) is 9.61. The van der Waals surface area contributed by atoms with Crippen molar-refractivity contribution in [3.8, 4) is 11.5 Å². The maximum atomic E-state index is 12.1. The molecule has 0 amide bonds. The van der Waals surface area contributed by atoms with Gasteiger partial charge < -0.3 is 24.8 Å². The second kappa shape index (κ2) is 11.0. The molecule has 3 atom stereocenters. The summed E-state index contributed by atoms with van der Waals surface area (Å²) in [5, 5.41) is 29.6. The molecule has 1 fully saturated rings. The number of hydrogen-bond acceptors (Lipinski definition) is 6. The molecule has 33 heavy (non-hydrogen) atoms. The molecule has 3 rings (SSSR count). The van der Waals surface area contributed by atoms with Gasteiger partial charge in [-0.2, -0.15) is 0 Å². The Bertz CT molecular complexity index is 934. The van der Waals surface area contributed by atoms with E-state index in [0.29, 0.717) is 30.8 Å². The van der Waals surface area contributed by atoms with Crippen LogP contribution in [0.15, 0.2) is 30.3 Å². The topological polar surface area (TPSA) is 96.2 Å². The van der Waals surface area contributed by atoms with Crippen LogP contribution in [0, 0.1) is 19.8 Å². The van der Waals surface area contributed by atoms with E-state index < -0.39 is 18.2 Å². The van der Waals surface area contributed by atoms with Gasteiger partial charge in [-0.25, -0.2) is 4.79 Å². The number of carbonyl (C=O) groups excluding carboxylic acids is 1. The zero-order valence-electron chi connectivity index (χ0n) is 20.0. The number of hydrogen-bond donors (Lipinski definition) is 3. The van der Waals surface area contributed by atoms with Gasteiger partial charge in [-0.3, -0.25) is 0 Å². The Balaban J connectivity index is 1.56. The molecule has 2 aromatic rings. The quantitative estimate of drug-likeness (QED) is 0.516. The minimum Gasteiger partial charge on any atom is -0.508 e. The smallest absolute Gasteiger partial charge is 0.344 e. The van der Waals surface area contributed by atoms with E-state index in [9.17, 15) is 20.1 Å². The highest BCUT2D eigenvalue weighted by atomic mass is 16.6. The second-order valence-corrected chi connectivity index (χ2v) is 9.61. The zero-order chi connectivity index (χ0) is 24.1. The molecule has 3 N–H and O–H groups in total. The van der Waals surface area contributed by atoms with E-state index >= 15 is 0 Å². The fraction of sp³-hybridized carbons (Fsp3) is 0.519. The van der Waals surface area contributed by atoms with Gasteiger partial charge in [-0.05, 0) is 97.4 Å². The van der Waals surface area contributed by atoms with Crippen LogP contribution in [0.25, 0.3) is 0 Å². The highest BCUT2D eigenvalue weighted by Crippen LogP contribution is 2.30. The molecule has 0 radical (unpaired) electrons. The minimum atomic E-state index is -0.545. The maximum Gasteiger partial charge on any atom is 0.344 e. The van der Waals surface area contributed by atoms with Crippen LogP contribution in [-0.2, 0) is 16.0 Å². The first kappa shape index (κ1) is 25.1. The maximum absolute atomic E-state index is 12.1. The molecular weight excluding hydrogens is 420 g/mol. The van der Waals surface area contributed by atoms with Crippen molar-refractivity contribution in [3.63, 3.8) is 0 Å². The molecular formula is C27H36O6. The molecule has 0 bridgehead atoms. The summed E-state index contributed by atoms with van der Waals surface area (Å²) in [7, 11) is 0. The highest BCUT2D eigenvalue weighted by molar-refractivity contribution is 5.71. The number of aliphatic hydroxyl groups is 2. The summed E-state index contributed by atoms with van der Waals surface area (Å²) in [6, 6.07) is 9.61. The lowest BCUT2D eigenvalue weighted by atomic mass is 9.86. The summed E-state index contributed by atoms with van der Waals surface area (Å²) in [6.07, 6.45) is 1.11. The van der Waals surface area contributed by atoms with E-state index in [-0.39, 0.29) is 25.0 Å². The number of phenolic OH excluding ortho intramolecular Hbond substituents is 1. The first-order valence-corrected chi connectivity index (χ1v) is 11.7. The van der Waals surface area contributed by atoms with Crippen LogP contribution in [0.4, 0.5) is 0 Å². The third kappa shape index (κ3) is 6.95. The fourth-order valence-electron chi connectivity index (χ4n) is 4.60. The van der Waals surface area contributed by atoms with Crippen LogP contribution in [0.1, 0.15) is 66.8 Å². The van der Waals surface area contributed by atoms with Crippen molar-refractivity contribution in [2.75, 3.05) is 13.2 Å². The first-order valence-electron chi connectivity index (χ1n) is 11.7.